The summed E-state index contributed by atoms with van der Waals surface area (Å²) >= 11 is 0. The smallest absolute Gasteiger partial charge is 0.307 e. The molecule has 0 unspecified atom stereocenters. The summed E-state index contributed by atoms with van der Waals surface area (Å²) in [7, 11) is 1.32. The van der Waals surface area contributed by atoms with Crippen molar-refractivity contribution >= 4 is 18.0 Å². The van der Waals surface area contributed by atoms with E-state index in [0.29, 0.717) is 13.0 Å². The molecule has 27 heavy (non-hydrogen) atoms. The quantitative estimate of drug-likeness (QED) is 0.525. The van der Waals surface area contributed by atoms with Gasteiger partial charge in [0.15, 0.2) is 0 Å². The van der Waals surface area contributed by atoms with Crippen LogP contribution in [0.2, 0.25) is 0 Å². The van der Waals surface area contributed by atoms with Crippen LogP contribution >= 0.6 is 0 Å². The van der Waals surface area contributed by atoms with Crippen LogP contribution in [0.4, 0.5) is 4.39 Å². The van der Waals surface area contributed by atoms with Gasteiger partial charge in [0.05, 0.1) is 13.5 Å². The Labute approximate surface area is 159 Å². The third-order valence-electron chi connectivity index (χ3n) is 4.20. The second-order valence-electron chi connectivity index (χ2n) is 6.27. The predicted molar refractivity (Wildman–Crippen MR) is 104 cm³/mol. The number of aryl methyl sites for hydroxylation is 1. The SMILES string of the molecule is COC(=O)CCN(CCc1ccc(F)cc1)C(=O)/C=C/c1ccc(C)cc1. The minimum Gasteiger partial charge on any atom is -0.469 e. The number of carbonyl (C=O) groups excluding carboxylic acids is 2. The lowest BCUT2D eigenvalue weighted by Crippen LogP contribution is -2.33. The maximum absolute atomic E-state index is 13.0. The molecule has 1 amide bonds. The van der Waals surface area contributed by atoms with Crippen molar-refractivity contribution in [2.45, 2.75) is 19.8 Å². The Hall–Kier alpha value is -2.95. The Balaban J connectivity index is 2.02. The van der Waals surface area contributed by atoms with Gasteiger partial charge in [0.1, 0.15) is 5.82 Å². The van der Waals surface area contributed by atoms with Crippen LogP contribution in [0.1, 0.15) is 23.1 Å². The van der Waals surface area contributed by atoms with Crippen molar-refractivity contribution in [3.8, 4) is 0 Å². The predicted octanol–water partition coefficient (Wildman–Crippen LogP) is 3.78. The van der Waals surface area contributed by atoms with Crippen molar-refractivity contribution in [1.29, 1.82) is 0 Å². The van der Waals surface area contributed by atoms with Crippen LogP contribution in [0.5, 0.6) is 0 Å². The molecule has 0 saturated carbocycles. The second-order valence-corrected chi connectivity index (χ2v) is 6.27. The van der Waals surface area contributed by atoms with Gasteiger partial charge in [-0.25, -0.2) is 4.39 Å². The molecule has 0 aliphatic rings. The van der Waals surface area contributed by atoms with E-state index in [9.17, 15) is 14.0 Å². The molecule has 0 N–H and O–H groups in total. The molecule has 0 fully saturated rings. The number of hydrogen-bond acceptors (Lipinski definition) is 3. The van der Waals surface area contributed by atoms with Crippen LogP contribution in [-0.2, 0) is 20.7 Å². The van der Waals surface area contributed by atoms with Crippen molar-refractivity contribution in [3.63, 3.8) is 0 Å². The molecule has 0 aliphatic carbocycles. The number of hydrogen-bond donors (Lipinski definition) is 0. The third kappa shape index (κ3) is 7.05. The molecule has 0 aromatic heterocycles. The first-order chi connectivity index (χ1) is 13.0. The van der Waals surface area contributed by atoms with Gasteiger partial charge in [0, 0.05) is 19.2 Å². The highest BCUT2D eigenvalue weighted by molar-refractivity contribution is 5.92. The molecule has 0 heterocycles. The highest BCUT2D eigenvalue weighted by atomic mass is 19.1. The number of nitrogens with zero attached hydrogens (tertiary/aromatic N) is 1. The monoisotopic (exact) mass is 369 g/mol. The van der Waals surface area contributed by atoms with Crippen molar-refractivity contribution in [2.24, 2.45) is 0 Å². The number of carbonyl (C=O) groups is 2. The van der Waals surface area contributed by atoms with Crippen molar-refractivity contribution < 1.29 is 18.7 Å². The van der Waals surface area contributed by atoms with Crippen molar-refractivity contribution in [2.75, 3.05) is 20.2 Å². The van der Waals surface area contributed by atoms with Gasteiger partial charge >= 0.3 is 5.97 Å². The zero-order valence-electron chi connectivity index (χ0n) is 15.7. The standard InChI is InChI=1S/C22H24FNO3/c1-17-3-5-18(6-4-17)9-12-21(25)24(16-14-22(26)27-2)15-13-19-7-10-20(23)11-8-19/h3-12H,13-16H2,1-2H3/b12-9+. The van der Waals surface area contributed by atoms with Crippen LogP contribution in [0.25, 0.3) is 6.08 Å². The molecule has 2 aromatic rings. The summed E-state index contributed by atoms with van der Waals surface area (Å²) in [6.45, 7) is 2.70. The fourth-order valence-electron chi connectivity index (χ4n) is 2.53. The summed E-state index contributed by atoms with van der Waals surface area (Å²) in [5.41, 5.74) is 3.01. The Morgan fingerprint density at radius 3 is 2.33 bits per heavy atom. The van der Waals surface area contributed by atoms with E-state index in [4.69, 9.17) is 0 Å². The third-order valence-corrected chi connectivity index (χ3v) is 4.20. The van der Waals surface area contributed by atoms with Crippen LogP contribution in [0.15, 0.2) is 54.6 Å². The lowest BCUT2D eigenvalue weighted by Gasteiger charge is -2.21. The Kier molecular flexibility index (Phi) is 7.74. The molecule has 5 heteroatoms. The summed E-state index contributed by atoms with van der Waals surface area (Å²) in [4.78, 5) is 25.6. The van der Waals surface area contributed by atoms with E-state index in [1.165, 1.54) is 25.3 Å². The summed E-state index contributed by atoms with van der Waals surface area (Å²) in [5, 5.41) is 0. The lowest BCUT2D eigenvalue weighted by molar-refractivity contribution is -0.141. The maximum atomic E-state index is 13.0. The highest BCUT2D eigenvalue weighted by Crippen LogP contribution is 2.08. The van der Waals surface area contributed by atoms with Crippen molar-refractivity contribution in [3.05, 3.63) is 77.1 Å². The number of methoxy groups -OCH3 is 1. The van der Waals surface area contributed by atoms with Crippen molar-refractivity contribution in [1.82, 2.24) is 4.90 Å². The first-order valence-corrected chi connectivity index (χ1v) is 8.83. The van der Waals surface area contributed by atoms with E-state index < -0.39 is 0 Å². The second kappa shape index (κ2) is 10.3. The molecule has 4 nitrogen and oxygen atoms in total. The molecule has 0 bridgehead atoms. The van der Waals surface area contributed by atoms with Gasteiger partial charge < -0.3 is 9.64 Å². The van der Waals surface area contributed by atoms with Gasteiger partial charge in [-0.15, -0.1) is 0 Å². The van der Waals surface area contributed by atoms with E-state index in [-0.39, 0.29) is 30.7 Å². The van der Waals surface area contributed by atoms with Gasteiger partial charge in [-0.05, 0) is 42.7 Å². The van der Waals surface area contributed by atoms with Gasteiger partial charge in [0.2, 0.25) is 5.91 Å². The molecule has 0 radical (unpaired) electrons. The summed E-state index contributed by atoms with van der Waals surface area (Å²) < 4.78 is 17.7. The Morgan fingerprint density at radius 2 is 1.70 bits per heavy atom. The van der Waals surface area contributed by atoms with Gasteiger partial charge in [-0.1, -0.05) is 42.0 Å². The summed E-state index contributed by atoms with van der Waals surface area (Å²) in [5.74, 6) is -0.836. The molecule has 142 valence electrons. The number of amides is 1. The summed E-state index contributed by atoms with van der Waals surface area (Å²) in [6.07, 6.45) is 3.97. The molecule has 2 rings (SSSR count). The zero-order chi connectivity index (χ0) is 19.6. The molecule has 0 atom stereocenters. The minimum absolute atomic E-state index is 0.129. The maximum Gasteiger partial charge on any atom is 0.307 e. The van der Waals surface area contributed by atoms with E-state index in [1.54, 1.807) is 23.1 Å². The fraction of sp³-hybridized carbons (Fsp3) is 0.273. The first-order valence-electron chi connectivity index (χ1n) is 8.83. The number of ether oxygens (including phenoxy) is 1. The van der Waals surface area contributed by atoms with E-state index in [1.807, 2.05) is 31.2 Å². The average Bonchev–Trinajstić information content (AvgIpc) is 2.68. The normalized spacial score (nSPS) is 10.8. The minimum atomic E-state index is -0.364. The molecule has 0 spiro atoms. The number of esters is 1. The number of halogens is 1. The first kappa shape index (κ1) is 20.4. The van der Waals surface area contributed by atoms with Gasteiger partial charge in [0.25, 0.3) is 0 Å². The number of rotatable bonds is 8. The van der Waals surface area contributed by atoms with E-state index >= 15 is 0 Å². The molecule has 2 aromatic carbocycles. The molecular weight excluding hydrogens is 345 g/mol. The zero-order valence-corrected chi connectivity index (χ0v) is 15.7. The van der Waals surface area contributed by atoms with E-state index in [2.05, 4.69) is 4.74 Å². The van der Waals surface area contributed by atoms with Crippen LogP contribution in [0.3, 0.4) is 0 Å². The Morgan fingerprint density at radius 1 is 1.04 bits per heavy atom. The van der Waals surface area contributed by atoms with Crippen LogP contribution < -0.4 is 0 Å². The molecular formula is C22H24FNO3. The van der Waals surface area contributed by atoms with E-state index in [0.717, 1.165) is 16.7 Å². The average molecular weight is 369 g/mol. The number of benzene rings is 2. The largest absolute Gasteiger partial charge is 0.469 e. The van der Waals surface area contributed by atoms with Gasteiger partial charge in [-0.2, -0.15) is 0 Å². The molecule has 0 aliphatic heterocycles. The van der Waals surface area contributed by atoms with Crippen LogP contribution in [0, 0.1) is 12.7 Å². The van der Waals surface area contributed by atoms with Crippen LogP contribution in [-0.4, -0.2) is 37.0 Å². The fourth-order valence-corrected chi connectivity index (χ4v) is 2.53. The lowest BCUT2D eigenvalue weighted by atomic mass is 10.1. The van der Waals surface area contributed by atoms with Gasteiger partial charge in [-0.3, -0.25) is 9.59 Å². The Bertz CT molecular complexity index is 782. The summed E-state index contributed by atoms with van der Waals surface area (Å²) in [6, 6.07) is 14.0. The topological polar surface area (TPSA) is 46.6 Å². The highest BCUT2D eigenvalue weighted by Gasteiger charge is 2.13. The molecule has 0 saturated heterocycles.